The molecule has 0 aromatic carbocycles. The molecule has 0 radical (unpaired) electrons. The van der Waals surface area contributed by atoms with Crippen molar-refractivity contribution in [3.63, 3.8) is 0 Å². The molecule has 1 aliphatic heterocycles. The molecule has 2 aromatic rings. The summed E-state index contributed by atoms with van der Waals surface area (Å²) in [7, 11) is 0. The predicted molar refractivity (Wildman–Crippen MR) is 49.8 cm³/mol. The summed E-state index contributed by atoms with van der Waals surface area (Å²) in [5.74, 6) is 0.424. The van der Waals surface area contributed by atoms with Crippen LogP contribution >= 0.6 is 0 Å². The van der Waals surface area contributed by atoms with Gasteiger partial charge < -0.3 is 9.84 Å². The van der Waals surface area contributed by atoms with Gasteiger partial charge in [-0.05, 0) is 13.0 Å². The van der Waals surface area contributed by atoms with Crippen molar-refractivity contribution < 1.29 is 4.52 Å². The first-order valence-corrected chi connectivity index (χ1v) is 4.72. The Bertz CT molecular complexity index is 447. The Balaban J connectivity index is 2.11. The van der Waals surface area contributed by atoms with E-state index in [-0.39, 0.29) is 0 Å². The maximum absolute atomic E-state index is 5.11. The topological polar surface area (TPSA) is 63.8 Å². The van der Waals surface area contributed by atoms with E-state index in [2.05, 4.69) is 20.4 Å². The van der Waals surface area contributed by atoms with E-state index in [1.54, 1.807) is 12.4 Å². The molecule has 1 saturated heterocycles. The Labute approximate surface area is 80.5 Å². The summed E-state index contributed by atoms with van der Waals surface area (Å²) in [5, 5.41) is 7.33. The van der Waals surface area contributed by atoms with Gasteiger partial charge in [-0.2, -0.15) is 0 Å². The van der Waals surface area contributed by atoms with Gasteiger partial charge in [-0.25, -0.2) is 9.97 Å². The molecule has 0 bridgehead atoms. The number of rotatable bonds is 1. The quantitative estimate of drug-likeness (QED) is 0.716. The highest BCUT2D eigenvalue weighted by atomic mass is 16.5. The van der Waals surface area contributed by atoms with Gasteiger partial charge in [-0.15, -0.1) is 0 Å². The summed E-state index contributed by atoms with van der Waals surface area (Å²) in [6.45, 7) is 2.00. The van der Waals surface area contributed by atoms with Crippen molar-refractivity contribution in [3.05, 3.63) is 18.1 Å². The highest BCUT2D eigenvalue weighted by molar-refractivity contribution is 5.70. The Morgan fingerprint density at radius 3 is 3.14 bits per heavy atom. The molecule has 2 aromatic heterocycles. The average Bonchev–Trinajstić information content (AvgIpc) is 2.85. The molecule has 1 aliphatic rings. The molecular weight excluding hydrogens is 180 g/mol. The van der Waals surface area contributed by atoms with Crippen LogP contribution in [0.25, 0.3) is 11.2 Å². The van der Waals surface area contributed by atoms with E-state index >= 15 is 0 Å². The zero-order valence-electron chi connectivity index (χ0n) is 7.60. The van der Waals surface area contributed by atoms with E-state index in [4.69, 9.17) is 4.52 Å². The Kier molecular flexibility index (Phi) is 1.70. The maximum Gasteiger partial charge on any atom is 0.276 e. The summed E-state index contributed by atoms with van der Waals surface area (Å²) in [5.41, 5.74) is 2.29. The van der Waals surface area contributed by atoms with Crippen LogP contribution in [0.3, 0.4) is 0 Å². The van der Waals surface area contributed by atoms with Crippen molar-refractivity contribution in [2.75, 3.05) is 13.1 Å². The number of nitrogens with one attached hydrogen (secondary N) is 1. The SMILES string of the molecule is c1cnc2c(C3CCNC3)noc2n1. The number of nitrogens with zero attached hydrogens (tertiary/aromatic N) is 3. The van der Waals surface area contributed by atoms with Crippen LogP contribution in [-0.2, 0) is 0 Å². The Morgan fingerprint density at radius 2 is 2.29 bits per heavy atom. The van der Waals surface area contributed by atoms with Crippen LogP contribution < -0.4 is 5.32 Å². The molecule has 0 amide bonds. The molecule has 5 heteroatoms. The molecule has 0 saturated carbocycles. The molecule has 1 unspecified atom stereocenters. The van der Waals surface area contributed by atoms with Gasteiger partial charge in [0.25, 0.3) is 5.71 Å². The molecule has 0 aliphatic carbocycles. The molecule has 0 spiro atoms. The summed E-state index contributed by atoms with van der Waals surface area (Å²) >= 11 is 0. The van der Waals surface area contributed by atoms with E-state index in [1.807, 2.05) is 0 Å². The van der Waals surface area contributed by atoms with Crippen LogP contribution in [0.1, 0.15) is 18.0 Å². The minimum atomic E-state index is 0.424. The number of hydrogen-bond acceptors (Lipinski definition) is 5. The number of hydrogen-bond donors (Lipinski definition) is 1. The summed E-state index contributed by atoms with van der Waals surface area (Å²) in [4.78, 5) is 8.30. The van der Waals surface area contributed by atoms with Gasteiger partial charge in [-0.3, -0.25) is 0 Å². The fraction of sp³-hybridized carbons (Fsp3) is 0.444. The molecule has 72 valence electrons. The molecule has 3 rings (SSSR count). The van der Waals surface area contributed by atoms with Crippen molar-refractivity contribution in [2.24, 2.45) is 0 Å². The lowest BCUT2D eigenvalue weighted by Gasteiger charge is -2.01. The molecule has 3 heterocycles. The van der Waals surface area contributed by atoms with Gasteiger partial charge in [0.15, 0.2) is 5.52 Å². The highest BCUT2D eigenvalue weighted by Crippen LogP contribution is 2.25. The Hall–Kier alpha value is -1.49. The summed E-state index contributed by atoms with van der Waals surface area (Å²) in [6, 6.07) is 0. The first-order valence-electron chi connectivity index (χ1n) is 4.72. The number of fused-ring (bicyclic) bond motifs is 1. The fourth-order valence-electron chi connectivity index (χ4n) is 1.86. The third-order valence-electron chi connectivity index (χ3n) is 2.58. The first kappa shape index (κ1) is 7.87. The van der Waals surface area contributed by atoms with Gasteiger partial charge in [0.05, 0.1) is 0 Å². The zero-order chi connectivity index (χ0) is 9.38. The third-order valence-corrected chi connectivity index (χ3v) is 2.58. The van der Waals surface area contributed by atoms with Gasteiger partial charge in [0, 0.05) is 24.9 Å². The zero-order valence-corrected chi connectivity index (χ0v) is 7.60. The van der Waals surface area contributed by atoms with Crippen molar-refractivity contribution in [1.29, 1.82) is 0 Å². The van der Waals surface area contributed by atoms with Gasteiger partial charge in [0.1, 0.15) is 5.69 Å². The first-order chi connectivity index (χ1) is 6.95. The smallest absolute Gasteiger partial charge is 0.276 e. The van der Waals surface area contributed by atoms with Crippen molar-refractivity contribution in [2.45, 2.75) is 12.3 Å². The van der Waals surface area contributed by atoms with E-state index in [0.29, 0.717) is 11.6 Å². The molecule has 1 fully saturated rings. The van der Waals surface area contributed by atoms with Crippen LogP contribution in [0.5, 0.6) is 0 Å². The molecule has 1 atom stereocenters. The monoisotopic (exact) mass is 190 g/mol. The van der Waals surface area contributed by atoms with E-state index in [0.717, 1.165) is 30.7 Å². The molecule has 5 nitrogen and oxygen atoms in total. The molecule has 14 heavy (non-hydrogen) atoms. The van der Waals surface area contributed by atoms with Crippen LogP contribution in [0.2, 0.25) is 0 Å². The van der Waals surface area contributed by atoms with Crippen molar-refractivity contribution >= 4 is 11.2 Å². The third kappa shape index (κ3) is 1.09. The average molecular weight is 190 g/mol. The second-order valence-corrected chi connectivity index (χ2v) is 3.47. The maximum atomic E-state index is 5.11. The van der Waals surface area contributed by atoms with Crippen LogP contribution in [-0.4, -0.2) is 28.2 Å². The van der Waals surface area contributed by atoms with Crippen LogP contribution in [0.4, 0.5) is 0 Å². The fourth-order valence-corrected chi connectivity index (χ4v) is 1.86. The number of aromatic nitrogens is 3. The minimum absolute atomic E-state index is 0.424. The predicted octanol–water partition coefficient (Wildman–Crippen LogP) is 0.695. The van der Waals surface area contributed by atoms with Gasteiger partial charge in [-0.1, -0.05) is 5.16 Å². The second-order valence-electron chi connectivity index (χ2n) is 3.47. The van der Waals surface area contributed by atoms with Crippen LogP contribution in [0, 0.1) is 0 Å². The normalized spacial score (nSPS) is 21.9. The lowest BCUT2D eigenvalue weighted by Crippen LogP contribution is -2.08. The van der Waals surface area contributed by atoms with E-state index in [1.165, 1.54) is 0 Å². The second kappa shape index (κ2) is 3.02. The van der Waals surface area contributed by atoms with Crippen molar-refractivity contribution in [3.8, 4) is 0 Å². The van der Waals surface area contributed by atoms with E-state index < -0.39 is 0 Å². The summed E-state index contributed by atoms with van der Waals surface area (Å²) in [6.07, 6.45) is 4.38. The van der Waals surface area contributed by atoms with Crippen LogP contribution in [0.15, 0.2) is 16.9 Å². The summed E-state index contributed by atoms with van der Waals surface area (Å²) < 4.78 is 5.11. The largest absolute Gasteiger partial charge is 0.334 e. The molecular formula is C9H10N4O. The lowest BCUT2D eigenvalue weighted by atomic mass is 10.0. The standard InChI is InChI=1S/C9H10N4O/c1-2-10-5-6(1)7-8-9(14-13-7)12-4-3-11-8/h3-4,6,10H,1-2,5H2. The van der Waals surface area contributed by atoms with Gasteiger partial charge >= 0.3 is 0 Å². The van der Waals surface area contributed by atoms with Crippen molar-refractivity contribution in [1.82, 2.24) is 20.4 Å². The lowest BCUT2D eigenvalue weighted by molar-refractivity contribution is 0.432. The van der Waals surface area contributed by atoms with E-state index in [9.17, 15) is 0 Å². The van der Waals surface area contributed by atoms with Gasteiger partial charge in [0.2, 0.25) is 0 Å². The Morgan fingerprint density at radius 1 is 1.36 bits per heavy atom. The molecule has 1 N–H and O–H groups in total. The highest BCUT2D eigenvalue weighted by Gasteiger charge is 2.23. The minimum Gasteiger partial charge on any atom is -0.334 e.